The van der Waals surface area contributed by atoms with Gasteiger partial charge < -0.3 is 4.74 Å². The van der Waals surface area contributed by atoms with Crippen LogP contribution in [0.1, 0.15) is 32.6 Å². The van der Waals surface area contributed by atoms with Crippen LogP contribution in [0.25, 0.3) is 0 Å². The van der Waals surface area contributed by atoms with E-state index in [-0.39, 0.29) is 17.1 Å². The first-order chi connectivity index (χ1) is 14.3. The van der Waals surface area contributed by atoms with Crippen LogP contribution in [0.5, 0.6) is 0 Å². The van der Waals surface area contributed by atoms with Gasteiger partial charge in [-0.05, 0) is 61.4 Å². The number of nitriles is 1. The third kappa shape index (κ3) is 5.04. The lowest BCUT2D eigenvalue weighted by atomic mass is 10.1. The molecule has 3 rings (SSSR count). The lowest BCUT2D eigenvalue weighted by Gasteiger charge is -2.12. The fourth-order valence-electron chi connectivity index (χ4n) is 2.76. The van der Waals surface area contributed by atoms with E-state index in [2.05, 4.69) is 4.72 Å². The Morgan fingerprint density at radius 2 is 1.67 bits per heavy atom. The number of ether oxygens (including phenoxy) is 1. The molecule has 3 aromatic rings. The number of anilines is 1. The van der Waals surface area contributed by atoms with E-state index in [1.165, 1.54) is 12.1 Å². The van der Waals surface area contributed by atoms with E-state index in [0.29, 0.717) is 16.8 Å². The summed E-state index contributed by atoms with van der Waals surface area (Å²) in [6.45, 7) is 3.59. The maximum absolute atomic E-state index is 12.8. The first-order valence-corrected chi connectivity index (χ1v) is 10.6. The minimum absolute atomic E-state index is 0.0101. The van der Waals surface area contributed by atoms with Crippen molar-refractivity contribution in [2.45, 2.75) is 25.3 Å². The Hall–Kier alpha value is -3.63. The van der Waals surface area contributed by atoms with Crippen LogP contribution >= 0.6 is 0 Å². The number of nitrogens with one attached hydrogen (secondary N) is 1. The second-order valence-electron chi connectivity index (χ2n) is 6.84. The van der Waals surface area contributed by atoms with Crippen molar-refractivity contribution in [2.75, 3.05) is 4.72 Å². The van der Waals surface area contributed by atoms with Gasteiger partial charge in [0.05, 0.1) is 22.1 Å². The van der Waals surface area contributed by atoms with E-state index < -0.39 is 16.0 Å². The molecule has 3 aromatic carbocycles. The van der Waals surface area contributed by atoms with Crippen molar-refractivity contribution >= 4 is 21.7 Å². The topological polar surface area (TPSA) is 96.3 Å². The van der Waals surface area contributed by atoms with Crippen molar-refractivity contribution in [3.63, 3.8) is 0 Å². The predicted octanol–water partition coefficient (Wildman–Crippen LogP) is 4.33. The summed E-state index contributed by atoms with van der Waals surface area (Å²) in [4.78, 5) is 12.4. The number of aryl methyl sites for hydroxylation is 2. The highest BCUT2D eigenvalue weighted by Crippen LogP contribution is 2.22. The van der Waals surface area contributed by atoms with E-state index in [4.69, 9.17) is 10.00 Å². The first-order valence-electron chi connectivity index (χ1n) is 9.15. The second-order valence-corrected chi connectivity index (χ2v) is 8.49. The molecule has 0 saturated heterocycles. The smallest absolute Gasteiger partial charge is 0.338 e. The van der Waals surface area contributed by atoms with Crippen LogP contribution in [-0.4, -0.2) is 14.4 Å². The Labute approximate surface area is 175 Å². The van der Waals surface area contributed by atoms with Crippen molar-refractivity contribution in [1.82, 2.24) is 0 Å². The van der Waals surface area contributed by atoms with Gasteiger partial charge in [0.2, 0.25) is 0 Å². The summed E-state index contributed by atoms with van der Waals surface area (Å²) in [5.74, 6) is -0.633. The molecule has 0 fully saturated rings. The second kappa shape index (κ2) is 8.80. The van der Waals surface area contributed by atoms with Crippen molar-refractivity contribution in [2.24, 2.45) is 0 Å². The number of nitrogens with zero attached hydrogens (tertiary/aromatic N) is 1. The zero-order valence-corrected chi connectivity index (χ0v) is 17.4. The molecule has 6 nitrogen and oxygen atoms in total. The molecule has 0 aromatic heterocycles. The lowest BCUT2D eigenvalue weighted by Crippen LogP contribution is -2.15. The van der Waals surface area contributed by atoms with Gasteiger partial charge in [-0.25, -0.2) is 13.2 Å². The largest absolute Gasteiger partial charge is 0.457 e. The fourth-order valence-corrected chi connectivity index (χ4v) is 4.09. The summed E-state index contributed by atoms with van der Waals surface area (Å²) in [5.41, 5.74) is 3.34. The highest BCUT2D eigenvalue weighted by molar-refractivity contribution is 7.92. The van der Waals surface area contributed by atoms with Crippen LogP contribution < -0.4 is 4.72 Å². The number of rotatable bonds is 6. The molecule has 0 aliphatic heterocycles. The summed E-state index contributed by atoms with van der Waals surface area (Å²) in [6, 6.07) is 20.1. The molecule has 0 radical (unpaired) electrons. The third-order valence-corrected chi connectivity index (χ3v) is 5.99. The molecule has 0 unspecified atom stereocenters. The molecular formula is C23H20N2O4S. The molecule has 0 bridgehead atoms. The van der Waals surface area contributed by atoms with Crippen LogP contribution in [0.15, 0.2) is 71.6 Å². The highest BCUT2D eigenvalue weighted by Gasteiger charge is 2.20. The van der Waals surface area contributed by atoms with E-state index in [9.17, 15) is 13.2 Å². The van der Waals surface area contributed by atoms with Crippen molar-refractivity contribution in [3.05, 3.63) is 94.5 Å². The fraction of sp³-hybridized carbons (Fsp3) is 0.130. The van der Waals surface area contributed by atoms with Crippen LogP contribution in [0.4, 0.5) is 5.69 Å². The molecule has 0 atom stereocenters. The SMILES string of the molecule is Cc1ccc(NS(=O)(=O)c2cc(C(=O)OCc3ccc(C#N)cc3)ccc2C)cc1. The number of esters is 1. The van der Waals surface area contributed by atoms with Crippen molar-refractivity contribution < 1.29 is 17.9 Å². The Morgan fingerprint density at radius 3 is 2.30 bits per heavy atom. The standard InChI is InChI=1S/C23H20N2O4S/c1-16-3-11-21(12-4-16)25-30(27,28)22-13-20(10-5-17(22)2)23(26)29-15-19-8-6-18(14-24)7-9-19/h3-13,25H,15H2,1-2H3. The summed E-state index contributed by atoms with van der Waals surface area (Å²) in [5, 5.41) is 8.82. The number of carbonyl (C=O) groups is 1. The van der Waals surface area contributed by atoms with Gasteiger partial charge in [0.25, 0.3) is 10.0 Å². The van der Waals surface area contributed by atoms with Crippen LogP contribution in [-0.2, 0) is 21.4 Å². The maximum atomic E-state index is 12.8. The van der Waals surface area contributed by atoms with Crippen molar-refractivity contribution in [1.29, 1.82) is 5.26 Å². The van der Waals surface area contributed by atoms with Gasteiger partial charge in [-0.3, -0.25) is 4.72 Å². The molecule has 0 amide bonds. The lowest BCUT2D eigenvalue weighted by molar-refractivity contribution is 0.0472. The Kier molecular flexibility index (Phi) is 6.19. The number of hydrogen-bond acceptors (Lipinski definition) is 5. The van der Waals surface area contributed by atoms with Crippen LogP contribution in [0.2, 0.25) is 0 Å². The normalized spacial score (nSPS) is 10.8. The van der Waals surface area contributed by atoms with Gasteiger partial charge in [0, 0.05) is 5.69 Å². The third-order valence-electron chi connectivity index (χ3n) is 4.47. The Morgan fingerprint density at radius 1 is 1.00 bits per heavy atom. The number of sulfonamides is 1. The molecule has 0 saturated carbocycles. The van der Waals surface area contributed by atoms with E-state index in [1.807, 2.05) is 25.1 Å². The van der Waals surface area contributed by atoms with Gasteiger partial charge in [-0.2, -0.15) is 5.26 Å². The molecule has 0 spiro atoms. The van der Waals surface area contributed by atoms with Gasteiger partial charge in [-0.1, -0.05) is 35.9 Å². The molecule has 0 aliphatic rings. The molecule has 0 aliphatic carbocycles. The van der Waals surface area contributed by atoms with Crippen LogP contribution in [0, 0.1) is 25.2 Å². The van der Waals surface area contributed by atoms with E-state index >= 15 is 0 Å². The first kappa shape index (κ1) is 21.1. The van der Waals surface area contributed by atoms with Gasteiger partial charge in [0.15, 0.2) is 0 Å². The van der Waals surface area contributed by atoms with Gasteiger partial charge in [-0.15, -0.1) is 0 Å². The molecule has 1 N–H and O–H groups in total. The van der Waals surface area contributed by atoms with E-state index in [1.54, 1.807) is 49.4 Å². The molecular weight excluding hydrogens is 400 g/mol. The molecule has 7 heteroatoms. The number of carbonyl (C=O) groups excluding carboxylic acids is 1. The highest BCUT2D eigenvalue weighted by atomic mass is 32.2. The zero-order chi connectivity index (χ0) is 21.7. The number of benzene rings is 3. The Bertz CT molecular complexity index is 1210. The molecule has 0 heterocycles. The summed E-state index contributed by atoms with van der Waals surface area (Å²) >= 11 is 0. The average Bonchev–Trinajstić information content (AvgIpc) is 2.74. The maximum Gasteiger partial charge on any atom is 0.338 e. The Balaban J connectivity index is 1.77. The quantitative estimate of drug-likeness (QED) is 0.599. The van der Waals surface area contributed by atoms with Gasteiger partial charge >= 0.3 is 5.97 Å². The molecule has 152 valence electrons. The van der Waals surface area contributed by atoms with Crippen molar-refractivity contribution in [3.8, 4) is 6.07 Å². The zero-order valence-electron chi connectivity index (χ0n) is 16.5. The minimum Gasteiger partial charge on any atom is -0.457 e. The summed E-state index contributed by atoms with van der Waals surface area (Å²) in [7, 11) is -3.88. The molecule has 30 heavy (non-hydrogen) atoms. The number of hydrogen-bond donors (Lipinski definition) is 1. The minimum atomic E-state index is -3.88. The average molecular weight is 420 g/mol. The summed E-state index contributed by atoms with van der Waals surface area (Å²) < 4.78 is 33.5. The van der Waals surface area contributed by atoms with E-state index in [0.717, 1.165) is 11.1 Å². The van der Waals surface area contributed by atoms with Crippen LogP contribution in [0.3, 0.4) is 0 Å². The summed E-state index contributed by atoms with van der Waals surface area (Å²) in [6.07, 6.45) is 0. The van der Waals surface area contributed by atoms with Gasteiger partial charge in [0.1, 0.15) is 6.61 Å². The predicted molar refractivity (Wildman–Crippen MR) is 113 cm³/mol. The monoisotopic (exact) mass is 420 g/mol.